The van der Waals surface area contributed by atoms with Gasteiger partial charge in [-0.3, -0.25) is 0 Å². The van der Waals surface area contributed by atoms with Gasteiger partial charge in [-0.25, -0.2) is 4.79 Å². The molecule has 3 N–H and O–H groups in total. The summed E-state index contributed by atoms with van der Waals surface area (Å²) in [5, 5.41) is 24.3. The van der Waals surface area contributed by atoms with Gasteiger partial charge in [0, 0.05) is 6.54 Å². The lowest BCUT2D eigenvalue weighted by molar-refractivity contribution is 0.103. The number of nitrogens with zero attached hydrogens (tertiary/aromatic N) is 1. The lowest BCUT2D eigenvalue weighted by Crippen LogP contribution is -2.42. The van der Waals surface area contributed by atoms with Gasteiger partial charge < -0.3 is 15.7 Å². The molecule has 0 aliphatic heterocycles. The summed E-state index contributed by atoms with van der Waals surface area (Å²) in [4.78, 5) is 11.9. The summed E-state index contributed by atoms with van der Waals surface area (Å²) >= 11 is 0. The maximum atomic E-state index is 11.9. The van der Waals surface area contributed by atoms with Gasteiger partial charge in [0.05, 0.1) is 23.8 Å². The molecule has 1 rings (SSSR count). The van der Waals surface area contributed by atoms with E-state index in [2.05, 4.69) is 16.7 Å². The van der Waals surface area contributed by atoms with Crippen molar-refractivity contribution in [2.24, 2.45) is 5.92 Å². The third kappa shape index (κ3) is 5.38. The van der Waals surface area contributed by atoms with Gasteiger partial charge >= 0.3 is 6.03 Å². The number of hydrogen-bond acceptors (Lipinski definition) is 3. The summed E-state index contributed by atoms with van der Waals surface area (Å²) < 4.78 is 0. The standard InChI is InChI=1S/C17H25N3O2/c1-4-14(5-2)16(21)11-19-17(22)20-12(3)15-8-6-13(10-18)7-9-15/h6-9,12,14,16,21H,4-5,11H2,1-3H3,(H2,19,20,22). The van der Waals surface area contributed by atoms with E-state index in [-0.39, 0.29) is 24.5 Å². The highest BCUT2D eigenvalue weighted by Crippen LogP contribution is 2.14. The van der Waals surface area contributed by atoms with E-state index < -0.39 is 6.10 Å². The third-order valence-corrected chi connectivity index (χ3v) is 3.95. The van der Waals surface area contributed by atoms with Crippen LogP contribution < -0.4 is 10.6 Å². The van der Waals surface area contributed by atoms with Crippen molar-refractivity contribution in [2.45, 2.75) is 45.8 Å². The fourth-order valence-electron chi connectivity index (χ4n) is 2.37. The number of hydrogen-bond donors (Lipinski definition) is 3. The SMILES string of the molecule is CCC(CC)C(O)CNC(=O)NC(C)c1ccc(C#N)cc1. The summed E-state index contributed by atoms with van der Waals surface area (Å²) in [6.07, 6.45) is 1.26. The minimum absolute atomic E-state index is 0.168. The number of nitrogens with one attached hydrogen (secondary N) is 2. The van der Waals surface area contributed by atoms with Crippen molar-refractivity contribution in [2.75, 3.05) is 6.54 Å². The summed E-state index contributed by atoms with van der Waals surface area (Å²) in [5.74, 6) is 0.205. The number of benzene rings is 1. The van der Waals surface area contributed by atoms with Crippen LogP contribution in [-0.4, -0.2) is 23.8 Å². The van der Waals surface area contributed by atoms with Crippen LogP contribution in [-0.2, 0) is 0 Å². The minimum atomic E-state index is -0.522. The van der Waals surface area contributed by atoms with Crippen LogP contribution in [0.25, 0.3) is 0 Å². The second-order valence-electron chi connectivity index (χ2n) is 5.45. The van der Waals surface area contributed by atoms with Crippen molar-refractivity contribution < 1.29 is 9.90 Å². The Balaban J connectivity index is 2.45. The maximum Gasteiger partial charge on any atom is 0.315 e. The molecule has 0 aromatic heterocycles. The van der Waals surface area contributed by atoms with Gasteiger partial charge in [-0.1, -0.05) is 38.8 Å². The van der Waals surface area contributed by atoms with Crippen LogP contribution in [0, 0.1) is 17.2 Å². The summed E-state index contributed by atoms with van der Waals surface area (Å²) in [6.45, 7) is 6.19. The molecule has 120 valence electrons. The molecule has 0 spiro atoms. The van der Waals surface area contributed by atoms with Gasteiger partial charge in [-0.15, -0.1) is 0 Å². The molecule has 5 heteroatoms. The zero-order chi connectivity index (χ0) is 16.5. The average molecular weight is 303 g/mol. The normalized spacial score (nSPS) is 13.3. The van der Waals surface area contributed by atoms with Crippen LogP contribution in [0.2, 0.25) is 0 Å². The van der Waals surface area contributed by atoms with Crippen LogP contribution in [0.1, 0.15) is 50.8 Å². The lowest BCUT2D eigenvalue weighted by atomic mass is 9.97. The molecule has 0 heterocycles. The van der Waals surface area contributed by atoms with E-state index in [1.807, 2.05) is 32.9 Å². The molecule has 0 fully saturated rings. The molecule has 2 amide bonds. The van der Waals surface area contributed by atoms with E-state index in [4.69, 9.17) is 5.26 Å². The Bertz CT molecular complexity index is 504. The summed E-state index contributed by atoms with van der Waals surface area (Å²) in [5.41, 5.74) is 1.52. The molecule has 0 saturated heterocycles. The maximum absolute atomic E-state index is 11.9. The highest BCUT2D eigenvalue weighted by Gasteiger charge is 2.17. The molecule has 0 radical (unpaired) electrons. The molecule has 0 aliphatic rings. The van der Waals surface area contributed by atoms with E-state index in [1.165, 1.54) is 0 Å². The van der Waals surface area contributed by atoms with Crippen LogP contribution in [0.3, 0.4) is 0 Å². The first-order valence-corrected chi connectivity index (χ1v) is 7.74. The first-order valence-electron chi connectivity index (χ1n) is 7.74. The fraction of sp³-hybridized carbons (Fsp3) is 0.529. The van der Waals surface area contributed by atoms with Gasteiger partial charge in [0.1, 0.15) is 0 Å². The van der Waals surface area contributed by atoms with Crippen LogP contribution >= 0.6 is 0 Å². The Morgan fingerprint density at radius 1 is 1.27 bits per heavy atom. The van der Waals surface area contributed by atoms with Crippen molar-refractivity contribution in [1.29, 1.82) is 5.26 Å². The predicted molar refractivity (Wildman–Crippen MR) is 86.2 cm³/mol. The summed E-state index contributed by atoms with van der Waals surface area (Å²) in [6, 6.07) is 8.68. The number of urea groups is 1. The first kappa shape index (κ1) is 18.0. The monoisotopic (exact) mass is 303 g/mol. The molecule has 2 atom stereocenters. The lowest BCUT2D eigenvalue weighted by Gasteiger charge is -2.21. The first-order chi connectivity index (χ1) is 10.5. The molecule has 1 aromatic rings. The predicted octanol–water partition coefficient (Wildman–Crippen LogP) is 2.72. The molecule has 0 bridgehead atoms. The molecule has 5 nitrogen and oxygen atoms in total. The quantitative estimate of drug-likeness (QED) is 0.724. The zero-order valence-electron chi connectivity index (χ0n) is 13.5. The molecular formula is C17H25N3O2. The second-order valence-corrected chi connectivity index (χ2v) is 5.45. The third-order valence-electron chi connectivity index (χ3n) is 3.95. The molecule has 0 saturated carbocycles. The summed E-state index contributed by atoms with van der Waals surface area (Å²) in [7, 11) is 0. The molecule has 2 unspecified atom stereocenters. The largest absolute Gasteiger partial charge is 0.391 e. The molecule has 1 aromatic carbocycles. The van der Waals surface area contributed by atoms with E-state index in [0.29, 0.717) is 5.56 Å². The van der Waals surface area contributed by atoms with E-state index >= 15 is 0 Å². The van der Waals surface area contributed by atoms with Crippen LogP contribution in [0.4, 0.5) is 4.79 Å². The van der Waals surface area contributed by atoms with Crippen molar-refractivity contribution >= 4 is 6.03 Å². The number of aliphatic hydroxyl groups is 1. The van der Waals surface area contributed by atoms with Crippen molar-refractivity contribution in [3.63, 3.8) is 0 Å². The Kier molecular flexibility index (Phi) is 7.41. The Morgan fingerprint density at radius 2 is 1.86 bits per heavy atom. The number of rotatable bonds is 7. The van der Waals surface area contributed by atoms with Crippen LogP contribution in [0.15, 0.2) is 24.3 Å². The van der Waals surface area contributed by atoms with Gasteiger partial charge in [0.2, 0.25) is 0 Å². The number of nitriles is 1. The number of aliphatic hydroxyl groups excluding tert-OH is 1. The van der Waals surface area contributed by atoms with Gasteiger partial charge in [-0.05, 0) is 30.5 Å². The molecular weight excluding hydrogens is 278 g/mol. The number of carbonyl (C=O) groups excluding carboxylic acids is 1. The van der Waals surface area contributed by atoms with Crippen molar-refractivity contribution in [1.82, 2.24) is 10.6 Å². The van der Waals surface area contributed by atoms with E-state index in [1.54, 1.807) is 12.1 Å². The minimum Gasteiger partial charge on any atom is -0.391 e. The Morgan fingerprint density at radius 3 is 2.36 bits per heavy atom. The number of amides is 2. The zero-order valence-corrected chi connectivity index (χ0v) is 13.5. The molecule has 0 aliphatic carbocycles. The topological polar surface area (TPSA) is 85.2 Å². The second kappa shape index (κ2) is 9.06. The Hall–Kier alpha value is -2.06. The van der Waals surface area contributed by atoms with Crippen molar-refractivity contribution in [3.05, 3.63) is 35.4 Å². The van der Waals surface area contributed by atoms with Gasteiger partial charge in [-0.2, -0.15) is 5.26 Å². The highest BCUT2D eigenvalue weighted by atomic mass is 16.3. The van der Waals surface area contributed by atoms with Gasteiger partial charge in [0.15, 0.2) is 0 Å². The Labute approximate surface area is 132 Å². The van der Waals surface area contributed by atoms with E-state index in [0.717, 1.165) is 18.4 Å². The average Bonchev–Trinajstić information content (AvgIpc) is 2.54. The highest BCUT2D eigenvalue weighted by molar-refractivity contribution is 5.74. The number of carbonyl (C=O) groups is 1. The fourth-order valence-corrected chi connectivity index (χ4v) is 2.37. The van der Waals surface area contributed by atoms with E-state index in [9.17, 15) is 9.90 Å². The van der Waals surface area contributed by atoms with Crippen LogP contribution in [0.5, 0.6) is 0 Å². The van der Waals surface area contributed by atoms with Crippen molar-refractivity contribution in [3.8, 4) is 6.07 Å². The van der Waals surface area contributed by atoms with Gasteiger partial charge in [0.25, 0.3) is 0 Å². The smallest absolute Gasteiger partial charge is 0.315 e. The molecule has 22 heavy (non-hydrogen) atoms.